The number of pyridine rings is 1. The molecule has 1 aromatic rings. The van der Waals surface area contributed by atoms with Crippen molar-refractivity contribution in [2.24, 2.45) is 5.11 Å². The molecule has 0 aliphatic rings. The van der Waals surface area contributed by atoms with Crippen molar-refractivity contribution in [1.82, 2.24) is 4.98 Å². The number of hydrogen-bond donors (Lipinski definition) is 1. The fourth-order valence-corrected chi connectivity index (χ4v) is 0.906. The molecule has 0 aliphatic carbocycles. The van der Waals surface area contributed by atoms with Crippen LogP contribution < -0.4 is 5.53 Å². The van der Waals surface area contributed by atoms with Gasteiger partial charge >= 0.3 is 6.18 Å². The van der Waals surface area contributed by atoms with Gasteiger partial charge in [0.2, 0.25) is 0 Å². The van der Waals surface area contributed by atoms with Gasteiger partial charge in [0.05, 0.1) is 0 Å². The Kier molecular flexibility index (Phi) is 2.83. The average Bonchev–Trinajstić information content (AvgIpc) is 2.15. The van der Waals surface area contributed by atoms with Crippen molar-refractivity contribution in [3.05, 3.63) is 29.6 Å². The monoisotopic (exact) mass is 204 g/mol. The van der Waals surface area contributed by atoms with Gasteiger partial charge in [-0.05, 0) is 18.1 Å². The third kappa shape index (κ3) is 2.27. The molecular formula is C8H9F3N3+. The third-order valence-corrected chi connectivity index (χ3v) is 1.78. The van der Waals surface area contributed by atoms with Crippen molar-refractivity contribution >= 4 is 0 Å². The van der Waals surface area contributed by atoms with Crippen LogP contribution in [0.1, 0.15) is 24.2 Å². The molecule has 0 fully saturated rings. The molecule has 1 heterocycles. The standard InChI is InChI=1S/C8H8F3N3/c1-5(14-12)6-2-3-7(13-4-6)8(9,10)11/h2-5,12H,1H3/p+1. The summed E-state index contributed by atoms with van der Waals surface area (Å²) in [6, 6.07) is 1.89. The van der Waals surface area contributed by atoms with Gasteiger partial charge in [-0.1, -0.05) is 6.07 Å². The molecule has 0 aliphatic heterocycles. The molecule has 1 rings (SSSR count). The van der Waals surface area contributed by atoms with Crippen LogP contribution in [0, 0.1) is 0 Å². The Balaban J connectivity index is 2.95. The molecule has 0 amide bonds. The molecule has 76 valence electrons. The van der Waals surface area contributed by atoms with E-state index in [0.717, 1.165) is 12.3 Å². The van der Waals surface area contributed by atoms with Crippen LogP contribution in [0.15, 0.2) is 23.4 Å². The van der Waals surface area contributed by atoms with E-state index < -0.39 is 11.9 Å². The van der Waals surface area contributed by atoms with Crippen LogP contribution >= 0.6 is 0 Å². The van der Waals surface area contributed by atoms with Gasteiger partial charge in [-0.15, -0.1) is 0 Å². The average molecular weight is 204 g/mol. The lowest BCUT2D eigenvalue weighted by Gasteiger charge is -2.06. The molecule has 0 bridgehead atoms. The lowest BCUT2D eigenvalue weighted by Crippen LogP contribution is -2.25. The summed E-state index contributed by atoms with van der Waals surface area (Å²) in [6.45, 7) is 1.67. The van der Waals surface area contributed by atoms with Crippen LogP contribution in [-0.2, 0) is 6.18 Å². The topological polar surface area (TPSA) is 50.8 Å². The van der Waals surface area contributed by atoms with E-state index >= 15 is 0 Å². The highest BCUT2D eigenvalue weighted by atomic mass is 19.4. The number of nitrogens with zero attached hydrogens (tertiary/aromatic N) is 2. The number of rotatable bonds is 2. The molecule has 1 unspecified atom stereocenters. The Morgan fingerprint density at radius 3 is 2.43 bits per heavy atom. The van der Waals surface area contributed by atoms with Crippen LogP contribution in [0.2, 0.25) is 0 Å². The zero-order valence-corrected chi connectivity index (χ0v) is 7.42. The van der Waals surface area contributed by atoms with Crippen LogP contribution in [0.4, 0.5) is 13.2 Å². The van der Waals surface area contributed by atoms with Gasteiger partial charge < -0.3 is 0 Å². The van der Waals surface area contributed by atoms with Gasteiger partial charge in [-0.3, -0.25) is 4.98 Å². The Morgan fingerprint density at radius 1 is 1.43 bits per heavy atom. The van der Waals surface area contributed by atoms with Crippen molar-refractivity contribution in [2.75, 3.05) is 0 Å². The third-order valence-electron chi connectivity index (χ3n) is 1.78. The van der Waals surface area contributed by atoms with E-state index in [4.69, 9.17) is 5.53 Å². The molecule has 0 aromatic carbocycles. The molecule has 0 radical (unpaired) electrons. The quantitative estimate of drug-likeness (QED) is 0.727. The van der Waals surface area contributed by atoms with Crippen LogP contribution in [0.3, 0.4) is 0 Å². The van der Waals surface area contributed by atoms with Gasteiger partial charge in [-0.25, -0.2) is 0 Å². The maximum absolute atomic E-state index is 12.1. The smallest absolute Gasteiger partial charge is 0.251 e. The second-order valence-corrected chi connectivity index (χ2v) is 2.80. The number of aromatic nitrogens is 1. The van der Waals surface area contributed by atoms with Crippen LogP contribution in [0.5, 0.6) is 0 Å². The lowest BCUT2D eigenvalue weighted by molar-refractivity contribution is -0.228. The van der Waals surface area contributed by atoms with Gasteiger partial charge in [0.1, 0.15) is 11.7 Å². The first-order chi connectivity index (χ1) is 6.45. The molecule has 1 aromatic heterocycles. The van der Waals surface area contributed by atoms with E-state index in [9.17, 15) is 13.2 Å². The van der Waals surface area contributed by atoms with Crippen LogP contribution in [-0.4, -0.2) is 4.98 Å². The fourth-order valence-electron chi connectivity index (χ4n) is 0.906. The van der Waals surface area contributed by atoms with Gasteiger partial charge in [0, 0.05) is 11.8 Å². The second-order valence-electron chi connectivity index (χ2n) is 2.80. The highest BCUT2D eigenvalue weighted by Gasteiger charge is 2.32. The predicted molar refractivity (Wildman–Crippen MR) is 42.0 cm³/mol. The number of hydrogen-bond acceptors (Lipinski definition) is 2. The largest absolute Gasteiger partial charge is 0.433 e. The minimum atomic E-state index is -4.40. The van der Waals surface area contributed by atoms with E-state index in [0.29, 0.717) is 5.56 Å². The summed E-state index contributed by atoms with van der Waals surface area (Å²) in [4.78, 5) is 3.28. The summed E-state index contributed by atoms with van der Waals surface area (Å²) in [5, 5.41) is 3.43. The van der Waals surface area contributed by atoms with Crippen molar-refractivity contribution in [3.63, 3.8) is 0 Å². The van der Waals surface area contributed by atoms with E-state index in [2.05, 4.69) is 10.1 Å². The maximum atomic E-state index is 12.1. The summed E-state index contributed by atoms with van der Waals surface area (Å²) >= 11 is 0. The van der Waals surface area contributed by atoms with E-state index in [-0.39, 0.29) is 6.04 Å². The summed E-state index contributed by atoms with van der Waals surface area (Å²) < 4.78 is 36.3. The fraction of sp³-hybridized carbons (Fsp3) is 0.375. The normalized spacial score (nSPS) is 13.7. The molecule has 14 heavy (non-hydrogen) atoms. The predicted octanol–water partition coefficient (Wildman–Crippen LogP) is 1.37. The first-order valence-corrected chi connectivity index (χ1v) is 3.88. The van der Waals surface area contributed by atoms with E-state index in [1.807, 2.05) is 0 Å². The van der Waals surface area contributed by atoms with Gasteiger partial charge in [0.25, 0.3) is 0 Å². The molecule has 1 atom stereocenters. The molecular weight excluding hydrogens is 195 g/mol. The first kappa shape index (κ1) is 10.6. The highest BCUT2D eigenvalue weighted by Crippen LogP contribution is 2.28. The Bertz CT molecular complexity index is 318. The SMILES string of the molecule is CC(N=[NH2+])c1ccc(C(F)(F)F)nc1. The Hall–Kier alpha value is -1.46. The summed E-state index contributed by atoms with van der Waals surface area (Å²) in [7, 11) is 0. The summed E-state index contributed by atoms with van der Waals surface area (Å²) in [6.07, 6.45) is -3.27. The summed E-state index contributed by atoms with van der Waals surface area (Å²) in [5.74, 6) is 0. The molecule has 0 spiro atoms. The number of nitrogens with two attached hydrogens (primary N) is 1. The molecule has 3 nitrogen and oxygen atoms in total. The highest BCUT2D eigenvalue weighted by molar-refractivity contribution is 5.18. The van der Waals surface area contributed by atoms with E-state index in [1.165, 1.54) is 6.07 Å². The molecule has 0 saturated heterocycles. The van der Waals surface area contributed by atoms with E-state index in [1.54, 1.807) is 6.92 Å². The van der Waals surface area contributed by atoms with Crippen LogP contribution in [0.25, 0.3) is 0 Å². The number of alkyl halides is 3. The van der Waals surface area contributed by atoms with Crippen molar-refractivity contribution < 1.29 is 18.7 Å². The van der Waals surface area contributed by atoms with Crippen molar-refractivity contribution in [2.45, 2.75) is 19.1 Å². The van der Waals surface area contributed by atoms with Gasteiger partial charge in [0.15, 0.2) is 0 Å². The minimum Gasteiger partial charge on any atom is -0.251 e. The Morgan fingerprint density at radius 2 is 2.07 bits per heavy atom. The number of halogens is 3. The zero-order valence-electron chi connectivity index (χ0n) is 7.42. The minimum absolute atomic E-state index is 0.343. The first-order valence-electron chi connectivity index (χ1n) is 3.88. The summed E-state index contributed by atoms with van der Waals surface area (Å²) in [5.41, 5.74) is 4.65. The molecule has 2 N–H and O–H groups in total. The molecule has 0 saturated carbocycles. The van der Waals surface area contributed by atoms with Crippen molar-refractivity contribution in [3.8, 4) is 0 Å². The second kappa shape index (κ2) is 3.73. The van der Waals surface area contributed by atoms with Gasteiger partial charge in [-0.2, -0.15) is 18.7 Å². The zero-order chi connectivity index (χ0) is 10.8. The molecule has 6 heteroatoms. The lowest BCUT2D eigenvalue weighted by atomic mass is 10.1. The maximum Gasteiger partial charge on any atom is 0.433 e. The Labute approximate surface area is 78.5 Å². The van der Waals surface area contributed by atoms with Crippen molar-refractivity contribution in [1.29, 1.82) is 0 Å².